The van der Waals surface area contributed by atoms with Crippen molar-refractivity contribution >= 4 is 17.2 Å². The van der Waals surface area contributed by atoms with Crippen molar-refractivity contribution < 1.29 is 0 Å². The Balaban J connectivity index is 2.03. The predicted octanol–water partition coefficient (Wildman–Crippen LogP) is 3.18. The Kier molecular flexibility index (Phi) is 5.34. The van der Waals surface area contributed by atoms with Gasteiger partial charge in [0.05, 0.1) is 4.99 Å². The summed E-state index contributed by atoms with van der Waals surface area (Å²) in [5, 5.41) is 0. The Morgan fingerprint density at radius 1 is 1.37 bits per heavy atom. The molecule has 1 atom stereocenters. The van der Waals surface area contributed by atoms with Crippen molar-refractivity contribution in [3.63, 3.8) is 0 Å². The summed E-state index contributed by atoms with van der Waals surface area (Å²) in [6, 6.07) is 10.4. The van der Waals surface area contributed by atoms with Gasteiger partial charge in [-0.3, -0.25) is 0 Å². The third-order valence-corrected chi connectivity index (χ3v) is 4.02. The van der Waals surface area contributed by atoms with Gasteiger partial charge in [0.25, 0.3) is 0 Å². The molecule has 0 aromatic heterocycles. The summed E-state index contributed by atoms with van der Waals surface area (Å²) in [6.45, 7) is 5.55. The van der Waals surface area contributed by atoms with Crippen molar-refractivity contribution in [3.8, 4) is 0 Å². The predicted molar refractivity (Wildman–Crippen MR) is 85.4 cm³/mol. The third-order valence-electron chi connectivity index (χ3n) is 3.74. The molecular weight excluding hydrogens is 252 g/mol. The molecule has 0 heterocycles. The Hall–Kier alpha value is -0.930. The summed E-state index contributed by atoms with van der Waals surface area (Å²) in [5.41, 5.74) is 7.21. The Bertz CT molecular complexity index is 400. The summed E-state index contributed by atoms with van der Waals surface area (Å²) in [7, 11) is 0. The highest BCUT2D eigenvalue weighted by Crippen LogP contribution is 2.30. The van der Waals surface area contributed by atoms with E-state index in [1.807, 2.05) is 6.07 Å². The molecule has 3 heteroatoms. The van der Waals surface area contributed by atoms with Gasteiger partial charge in [-0.25, -0.2) is 0 Å². The van der Waals surface area contributed by atoms with E-state index in [1.54, 1.807) is 0 Å². The van der Waals surface area contributed by atoms with Gasteiger partial charge in [-0.15, -0.1) is 0 Å². The van der Waals surface area contributed by atoms with E-state index >= 15 is 0 Å². The molecule has 1 unspecified atom stereocenters. The summed E-state index contributed by atoms with van der Waals surface area (Å²) >= 11 is 5.28. The molecule has 2 rings (SSSR count). The average molecular weight is 276 g/mol. The largest absolute Gasteiger partial charge is 0.393 e. The Labute approximate surface area is 122 Å². The highest BCUT2D eigenvalue weighted by molar-refractivity contribution is 7.80. The van der Waals surface area contributed by atoms with Crippen LogP contribution in [0.2, 0.25) is 0 Å². The fraction of sp³-hybridized carbons (Fsp3) is 0.562. The number of benzene rings is 1. The van der Waals surface area contributed by atoms with Crippen LogP contribution in [0.15, 0.2) is 30.3 Å². The molecule has 1 saturated carbocycles. The van der Waals surface area contributed by atoms with Crippen LogP contribution < -0.4 is 5.73 Å². The third kappa shape index (κ3) is 4.59. The first-order valence-electron chi connectivity index (χ1n) is 7.27. The van der Waals surface area contributed by atoms with Gasteiger partial charge < -0.3 is 10.6 Å². The molecule has 0 amide bonds. The molecule has 2 nitrogen and oxygen atoms in total. The standard InChI is InChI=1S/C16H24N2S/c1-2-10-18(11-13-8-9-13)12-15(16(17)19)14-6-4-3-5-7-14/h3-7,13,15H,2,8-12H2,1H3,(H2,17,19). The molecule has 1 aromatic rings. The van der Waals surface area contributed by atoms with E-state index in [0.29, 0.717) is 4.99 Å². The minimum atomic E-state index is 0.182. The minimum absolute atomic E-state index is 0.182. The van der Waals surface area contributed by atoms with E-state index in [2.05, 4.69) is 36.1 Å². The number of nitrogens with two attached hydrogens (primary N) is 1. The van der Waals surface area contributed by atoms with E-state index in [4.69, 9.17) is 18.0 Å². The van der Waals surface area contributed by atoms with Gasteiger partial charge in [0.15, 0.2) is 0 Å². The smallest absolute Gasteiger partial charge is 0.0816 e. The first-order chi connectivity index (χ1) is 9.20. The van der Waals surface area contributed by atoms with Gasteiger partial charge in [-0.05, 0) is 37.3 Å². The number of thiocarbonyl (C=S) groups is 1. The first kappa shape index (κ1) is 14.5. The van der Waals surface area contributed by atoms with Crippen LogP contribution in [0.5, 0.6) is 0 Å². The quantitative estimate of drug-likeness (QED) is 0.739. The highest BCUT2D eigenvalue weighted by Gasteiger charge is 2.26. The molecule has 0 spiro atoms. The van der Waals surface area contributed by atoms with Crippen molar-refractivity contribution in [2.45, 2.75) is 32.1 Å². The van der Waals surface area contributed by atoms with Gasteiger partial charge in [-0.2, -0.15) is 0 Å². The van der Waals surface area contributed by atoms with Gasteiger partial charge in [0.1, 0.15) is 0 Å². The fourth-order valence-corrected chi connectivity index (χ4v) is 2.75. The highest BCUT2D eigenvalue weighted by atomic mass is 32.1. The molecule has 0 radical (unpaired) electrons. The molecule has 0 aliphatic heterocycles. The molecule has 1 fully saturated rings. The zero-order chi connectivity index (χ0) is 13.7. The second-order valence-electron chi connectivity index (χ2n) is 5.57. The summed E-state index contributed by atoms with van der Waals surface area (Å²) < 4.78 is 0. The van der Waals surface area contributed by atoms with Crippen molar-refractivity contribution in [1.82, 2.24) is 4.90 Å². The monoisotopic (exact) mass is 276 g/mol. The Morgan fingerprint density at radius 2 is 2.05 bits per heavy atom. The maximum Gasteiger partial charge on any atom is 0.0816 e. The van der Waals surface area contributed by atoms with Crippen molar-refractivity contribution in [1.29, 1.82) is 0 Å². The van der Waals surface area contributed by atoms with Gasteiger partial charge in [-0.1, -0.05) is 49.5 Å². The number of nitrogens with zero attached hydrogens (tertiary/aromatic N) is 1. The Morgan fingerprint density at radius 3 is 2.58 bits per heavy atom. The first-order valence-corrected chi connectivity index (χ1v) is 7.68. The number of hydrogen-bond acceptors (Lipinski definition) is 2. The molecule has 0 bridgehead atoms. The molecule has 1 aliphatic rings. The average Bonchev–Trinajstić information content (AvgIpc) is 3.20. The lowest BCUT2D eigenvalue weighted by molar-refractivity contribution is 0.261. The van der Waals surface area contributed by atoms with Crippen LogP contribution in [0.25, 0.3) is 0 Å². The lowest BCUT2D eigenvalue weighted by atomic mass is 9.98. The molecule has 104 valence electrons. The summed E-state index contributed by atoms with van der Waals surface area (Å²) in [4.78, 5) is 3.15. The molecule has 1 aromatic carbocycles. The lowest BCUT2D eigenvalue weighted by Gasteiger charge is -2.27. The molecule has 19 heavy (non-hydrogen) atoms. The maximum absolute atomic E-state index is 5.96. The molecule has 2 N–H and O–H groups in total. The SMILES string of the molecule is CCCN(CC1CC1)CC(C(N)=S)c1ccccc1. The normalized spacial score (nSPS) is 16.5. The number of hydrogen-bond donors (Lipinski definition) is 1. The zero-order valence-corrected chi connectivity index (χ0v) is 12.5. The van der Waals surface area contributed by atoms with E-state index in [-0.39, 0.29) is 5.92 Å². The van der Waals surface area contributed by atoms with E-state index < -0.39 is 0 Å². The molecule has 0 saturated heterocycles. The topological polar surface area (TPSA) is 29.3 Å². The number of rotatable bonds is 8. The molecule has 1 aliphatic carbocycles. The van der Waals surface area contributed by atoms with Crippen molar-refractivity contribution in [2.24, 2.45) is 11.7 Å². The van der Waals surface area contributed by atoms with Crippen LogP contribution in [-0.4, -0.2) is 29.5 Å². The van der Waals surface area contributed by atoms with Crippen LogP contribution >= 0.6 is 12.2 Å². The lowest BCUT2D eigenvalue weighted by Crippen LogP contribution is -2.35. The van der Waals surface area contributed by atoms with Crippen LogP contribution in [0.1, 0.15) is 37.7 Å². The van der Waals surface area contributed by atoms with Crippen molar-refractivity contribution in [2.75, 3.05) is 19.6 Å². The van der Waals surface area contributed by atoms with Gasteiger partial charge in [0, 0.05) is 19.0 Å². The van der Waals surface area contributed by atoms with Crippen LogP contribution in [0.4, 0.5) is 0 Å². The van der Waals surface area contributed by atoms with E-state index in [9.17, 15) is 0 Å². The van der Waals surface area contributed by atoms with Crippen LogP contribution in [-0.2, 0) is 0 Å². The minimum Gasteiger partial charge on any atom is -0.393 e. The maximum atomic E-state index is 5.96. The van der Waals surface area contributed by atoms with Crippen molar-refractivity contribution in [3.05, 3.63) is 35.9 Å². The van der Waals surface area contributed by atoms with E-state index in [0.717, 1.165) is 19.0 Å². The molecular formula is C16H24N2S. The second-order valence-corrected chi connectivity index (χ2v) is 6.04. The van der Waals surface area contributed by atoms with Crippen LogP contribution in [0.3, 0.4) is 0 Å². The van der Waals surface area contributed by atoms with Crippen LogP contribution in [0, 0.1) is 5.92 Å². The second kappa shape index (κ2) is 7.01. The van der Waals surface area contributed by atoms with Gasteiger partial charge >= 0.3 is 0 Å². The van der Waals surface area contributed by atoms with Gasteiger partial charge in [0.2, 0.25) is 0 Å². The zero-order valence-electron chi connectivity index (χ0n) is 11.7. The summed E-state index contributed by atoms with van der Waals surface area (Å²) in [5.74, 6) is 1.09. The van der Waals surface area contributed by atoms with E-state index in [1.165, 1.54) is 31.4 Å². The fourth-order valence-electron chi connectivity index (χ4n) is 2.54. The summed E-state index contributed by atoms with van der Waals surface area (Å²) in [6.07, 6.45) is 3.97.